The number of halogens is 2. The van der Waals surface area contributed by atoms with Crippen LogP contribution in [0.15, 0.2) is 46.8 Å². The van der Waals surface area contributed by atoms with Gasteiger partial charge in [0.25, 0.3) is 0 Å². The van der Waals surface area contributed by atoms with E-state index in [0.29, 0.717) is 15.7 Å². The van der Waals surface area contributed by atoms with Crippen LogP contribution in [0.25, 0.3) is 11.1 Å². The molecule has 0 saturated carbocycles. The summed E-state index contributed by atoms with van der Waals surface area (Å²) in [4.78, 5) is 0. The Balaban J connectivity index is 2.57. The molecule has 0 aromatic heterocycles. The molecule has 0 radical (unpaired) electrons. The minimum Gasteiger partial charge on any atom is -0.182 e. The molecule has 4 heteroatoms. The second-order valence-corrected chi connectivity index (χ2v) is 4.23. The van der Waals surface area contributed by atoms with Gasteiger partial charge in [-0.15, -0.1) is 0 Å². The highest BCUT2D eigenvalue weighted by atomic mass is 35.5. The van der Waals surface area contributed by atoms with Gasteiger partial charge >= 0.3 is 0 Å². The van der Waals surface area contributed by atoms with Crippen LogP contribution >= 0.6 is 23.2 Å². The summed E-state index contributed by atoms with van der Waals surface area (Å²) in [6, 6.07) is 13.0. The molecular formula is C12H7Cl2NS. The van der Waals surface area contributed by atoms with Crippen molar-refractivity contribution in [2.24, 2.45) is 4.36 Å². The summed E-state index contributed by atoms with van der Waals surface area (Å²) in [6.07, 6.45) is 0. The standard InChI is InChI=1S/C12H7Cl2NS/c13-11-4-2-1-3-9(11)10-6-5-8(15-16)7-12(10)14/h1-7H. The van der Waals surface area contributed by atoms with E-state index in [1.807, 2.05) is 36.4 Å². The van der Waals surface area contributed by atoms with E-state index in [9.17, 15) is 0 Å². The number of benzene rings is 2. The molecule has 0 atom stereocenters. The lowest BCUT2D eigenvalue weighted by molar-refractivity contribution is 1.55. The fourth-order valence-electron chi connectivity index (χ4n) is 1.46. The lowest BCUT2D eigenvalue weighted by Gasteiger charge is -2.06. The van der Waals surface area contributed by atoms with Crippen LogP contribution in [0, 0.1) is 0 Å². The average molecular weight is 268 g/mol. The smallest absolute Gasteiger partial charge is 0.0784 e. The van der Waals surface area contributed by atoms with E-state index in [-0.39, 0.29) is 0 Å². The quantitative estimate of drug-likeness (QED) is 0.744. The van der Waals surface area contributed by atoms with Crippen LogP contribution in [-0.2, 0) is 12.4 Å². The molecule has 0 spiro atoms. The summed E-state index contributed by atoms with van der Waals surface area (Å²) in [5, 5.41) is 1.27. The normalized spacial score (nSPS) is 10.1. The molecule has 2 aromatic rings. The van der Waals surface area contributed by atoms with Crippen molar-refractivity contribution in [3.8, 4) is 11.1 Å². The third-order valence-electron chi connectivity index (χ3n) is 2.22. The van der Waals surface area contributed by atoms with Crippen molar-refractivity contribution in [3.05, 3.63) is 52.5 Å². The van der Waals surface area contributed by atoms with Crippen LogP contribution in [0.2, 0.25) is 10.0 Å². The van der Waals surface area contributed by atoms with Crippen molar-refractivity contribution in [2.75, 3.05) is 0 Å². The zero-order chi connectivity index (χ0) is 11.5. The molecular weight excluding hydrogens is 261 g/mol. The lowest BCUT2D eigenvalue weighted by Crippen LogP contribution is -1.80. The monoisotopic (exact) mass is 267 g/mol. The maximum Gasteiger partial charge on any atom is 0.0784 e. The maximum absolute atomic E-state index is 6.15. The molecule has 2 rings (SSSR count). The van der Waals surface area contributed by atoms with Crippen molar-refractivity contribution in [1.29, 1.82) is 0 Å². The van der Waals surface area contributed by atoms with Gasteiger partial charge in [-0.25, -0.2) is 0 Å². The SMILES string of the molecule is S=Nc1ccc(-c2ccccc2Cl)c(Cl)c1. The average Bonchev–Trinajstić information content (AvgIpc) is 2.30. The molecule has 1 nitrogen and oxygen atoms in total. The molecule has 0 aliphatic heterocycles. The Morgan fingerprint density at radius 1 is 0.875 bits per heavy atom. The first-order valence-electron chi connectivity index (χ1n) is 4.60. The van der Waals surface area contributed by atoms with Crippen molar-refractivity contribution >= 4 is 41.3 Å². The van der Waals surface area contributed by atoms with E-state index < -0.39 is 0 Å². The Kier molecular flexibility index (Phi) is 3.54. The molecule has 0 unspecified atom stereocenters. The number of nitrogens with zero attached hydrogens (tertiary/aromatic N) is 1. The van der Waals surface area contributed by atoms with Gasteiger partial charge in [-0.3, -0.25) is 0 Å². The second-order valence-electron chi connectivity index (χ2n) is 3.24. The maximum atomic E-state index is 6.15. The topological polar surface area (TPSA) is 12.4 Å². The Morgan fingerprint density at radius 2 is 1.56 bits per heavy atom. The summed E-state index contributed by atoms with van der Waals surface area (Å²) >= 11 is 16.9. The van der Waals surface area contributed by atoms with Crippen LogP contribution < -0.4 is 0 Å². The van der Waals surface area contributed by atoms with Gasteiger partial charge in [0.1, 0.15) is 0 Å². The van der Waals surface area contributed by atoms with E-state index in [0.717, 1.165) is 11.1 Å². The molecule has 2 aromatic carbocycles. The summed E-state index contributed by atoms with van der Waals surface area (Å²) in [5.41, 5.74) is 2.47. The fraction of sp³-hybridized carbons (Fsp3) is 0. The Labute approximate surface area is 109 Å². The van der Waals surface area contributed by atoms with E-state index in [2.05, 4.69) is 16.8 Å². The van der Waals surface area contributed by atoms with E-state index in [1.54, 1.807) is 6.07 Å². The van der Waals surface area contributed by atoms with Gasteiger partial charge in [-0.1, -0.05) is 47.5 Å². The van der Waals surface area contributed by atoms with E-state index in [1.165, 1.54) is 0 Å². The highest BCUT2D eigenvalue weighted by Crippen LogP contribution is 2.34. The number of hydrogen-bond donors (Lipinski definition) is 0. The number of hydrogen-bond acceptors (Lipinski definition) is 2. The molecule has 0 N–H and O–H groups in total. The molecule has 0 aliphatic rings. The molecule has 80 valence electrons. The predicted octanol–water partition coefficient (Wildman–Crippen LogP) is 5.02. The third kappa shape index (κ3) is 2.24. The molecule has 16 heavy (non-hydrogen) atoms. The van der Waals surface area contributed by atoms with Crippen LogP contribution in [-0.4, -0.2) is 0 Å². The minimum absolute atomic E-state index is 0.596. The first-order valence-corrected chi connectivity index (χ1v) is 5.72. The van der Waals surface area contributed by atoms with Gasteiger partial charge in [0, 0.05) is 28.6 Å². The predicted molar refractivity (Wildman–Crippen MR) is 71.4 cm³/mol. The van der Waals surface area contributed by atoms with Gasteiger partial charge in [-0.05, 0) is 18.2 Å². The second kappa shape index (κ2) is 4.91. The molecule has 0 aliphatic carbocycles. The molecule has 0 saturated heterocycles. The third-order valence-corrected chi connectivity index (χ3v) is 3.08. The summed E-state index contributed by atoms with van der Waals surface area (Å²) < 4.78 is 3.65. The fourth-order valence-corrected chi connectivity index (χ4v) is 2.09. The first-order chi connectivity index (χ1) is 7.72. The minimum atomic E-state index is 0.596. The van der Waals surface area contributed by atoms with Crippen LogP contribution in [0.4, 0.5) is 5.69 Å². The zero-order valence-corrected chi connectivity index (χ0v) is 10.5. The molecule has 0 heterocycles. The van der Waals surface area contributed by atoms with Crippen molar-refractivity contribution < 1.29 is 0 Å². The zero-order valence-electron chi connectivity index (χ0n) is 8.15. The van der Waals surface area contributed by atoms with Gasteiger partial charge < -0.3 is 0 Å². The van der Waals surface area contributed by atoms with E-state index >= 15 is 0 Å². The largest absolute Gasteiger partial charge is 0.182 e. The van der Waals surface area contributed by atoms with Crippen LogP contribution in [0.1, 0.15) is 0 Å². The molecule has 0 bridgehead atoms. The lowest BCUT2D eigenvalue weighted by atomic mass is 10.1. The highest BCUT2D eigenvalue weighted by Gasteiger charge is 2.07. The Morgan fingerprint density at radius 3 is 2.19 bits per heavy atom. The summed E-state index contributed by atoms with van der Waals surface area (Å²) in [7, 11) is 0. The van der Waals surface area contributed by atoms with Gasteiger partial charge in [0.2, 0.25) is 0 Å². The van der Waals surface area contributed by atoms with Crippen molar-refractivity contribution in [2.45, 2.75) is 0 Å². The molecule has 0 fully saturated rings. The van der Waals surface area contributed by atoms with Gasteiger partial charge in [0.15, 0.2) is 0 Å². The van der Waals surface area contributed by atoms with Crippen molar-refractivity contribution in [1.82, 2.24) is 0 Å². The van der Waals surface area contributed by atoms with Gasteiger partial charge in [0.05, 0.1) is 10.7 Å². The molecule has 0 amide bonds. The summed E-state index contributed by atoms with van der Waals surface area (Å²) in [5.74, 6) is 0. The Hall–Kier alpha value is -0.960. The van der Waals surface area contributed by atoms with Gasteiger partial charge in [-0.2, -0.15) is 4.36 Å². The van der Waals surface area contributed by atoms with Crippen LogP contribution in [0.5, 0.6) is 0 Å². The highest BCUT2D eigenvalue weighted by molar-refractivity contribution is 7.47. The van der Waals surface area contributed by atoms with Crippen LogP contribution in [0.3, 0.4) is 0 Å². The van der Waals surface area contributed by atoms with Crippen molar-refractivity contribution in [3.63, 3.8) is 0 Å². The number of rotatable bonds is 2. The first kappa shape index (κ1) is 11.5. The summed E-state index contributed by atoms with van der Waals surface area (Å²) in [6.45, 7) is 0. The Bertz CT molecular complexity index is 540. The van der Waals surface area contributed by atoms with E-state index in [4.69, 9.17) is 23.2 Å².